The Morgan fingerprint density at radius 1 is 1.18 bits per heavy atom. The summed E-state index contributed by atoms with van der Waals surface area (Å²) in [6.07, 6.45) is 0. The minimum Gasteiger partial charge on any atom is -0.482 e. The Balaban J connectivity index is 1.76. The number of fused-ring (bicyclic) bond motifs is 1. The maximum absolute atomic E-state index is 12.4. The van der Waals surface area contributed by atoms with Crippen LogP contribution in [0.2, 0.25) is 0 Å². The minimum absolute atomic E-state index is 0.0579. The number of rotatable bonds is 6. The number of anilines is 1. The van der Waals surface area contributed by atoms with E-state index in [1.807, 2.05) is 31.2 Å². The third-order valence-electron chi connectivity index (χ3n) is 4.52. The average Bonchev–Trinajstić information content (AvgIpc) is 2.69. The van der Waals surface area contributed by atoms with Crippen LogP contribution >= 0.6 is 0 Å². The number of ether oxygens (including phenoxy) is 1. The van der Waals surface area contributed by atoms with Gasteiger partial charge in [0.1, 0.15) is 12.3 Å². The fraction of sp³-hybridized carbons (Fsp3) is 0.300. The molecule has 1 N–H and O–H groups in total. The van der Waals surface area contributed by atoms with Crippen LogP contribution in [0.25, 0.3) is 0 Å². The summed E-state index contributed by atoms with van der Waals surface area (Å²) in [7, 11) is -3.44. The lowest BCUT2D eigenvalue weighted by atomic mass is 10.1. The highest BCUT2D eigenvalue weighted by Gasteiger charge is 2.29. The summed E-state index contributed by atoms with van der Waals surface area (Å²) in [5.74, 6) is -0.423. The normalized spacial score (nSPS) is 13.6. The molecule has 1 aliphatic rings. The van der Waals surface area contributed by atoms with Gasteiger partial charge in [0.15, 0.2) is 16.4 Å². The fourth-order valence-corrected chi connectivity index (χ4v) is 3.72. The maximum atomic E-state index is 12.4. The Labute approximate surface area is 164 Å². The van der Waals surface area contributed by atoms with Crippen molar-refractivity contribution < 1.29 is 22.7 Å². The van der Waals surface area contributed by atoms with Gasteiger partial charge in [0, 0.05) is 6.54 Å². The number of carbonyl (C=O) groups is 2. The van der Waals surface area contributed by atoms with E-state index >= 15 is 0 Å². The van der Waals surface area contributed by atoms with E-state index in [0.29, 0.717) is 12.3 Å². The van der Waals surface area contributed by atoms with Crippen LogP contribution in [0.1, 0.15) is 18.1 Å². The number of amides is 2. The zero-order valence-electron chi connectivity index (χ0n) is 15.8. The lowest BCUT2D eigenvalue weighted by Crippen LogP contribution is -2.45. The molecule has 0 spiro atoms. The van der Waals surface area contributed by atoms with Crippen molar-refractivity contribution in [1.29, 1.82) is 0 Å². The number of hydrogen-bond acceptors (Lipinski definition) is 5. The molecule has 0 saturated heterocycles. The summed E-state index contributed by atoms with van der Waals surface area (Å²) in [5.41, 5.74) is 2.36. The molecule has 0 unspecified atom stereocenters. The molecule has 0 aliphatic carbocycles. The quantitative estimate of drug-likeness (QED) is 0.796. The van der Waals surface area contributed by atoms with Crippen LogP contribution < -0.4 is 15.0 Å². The highest BCUT2D eigenvalue weighted by atomic mass is 32.2. The molecule has 1 aliphatic heterocycles. The van der Waals surface area contributed by atoms with E-state index in [0.717, 1.165) is 11.1 Å². The Kier molecular flexibility index (Phi) is 5.69. The molecular weight excluding hydrogens is 380 g/mol. The second-order valence-corrected chi connectivity index (χ2v) is 8.84. The van der Waals surface area contributed by atoms with Gasteiger partial charge in [-0.05, 0) is 30.7 Å². The molecule has 7 nitrogen and oxygen atoms in total. The van der Waals surface area contributed by atoms with Crippen LogP contribution in [0.3, 0.4) is 0 Å². The summed E-state index contributed by atoms with van der Waals surface area (Å²) < 4.78 is 29.7. The molecule has 2 amide bonds. The summed E-state index contributed by atoms with van der Waals surface area (Å²) >= 11 is 0. The Bertz CT molecular complexity index is 1000. The van der Waals surface area contributed by atoms with E-state index in [2.05, 4.69) is 5.32 Å². The highest BCUT2D eigenvalue weighted by Crippen LogP contribution is 2.34. The number of nitrogens with zero attached hydrogens (tertiary/aromatic N) is 1. The smallest absolute Gasteiger partial charge is 0.265 e. The van der Waals surface area contributed by atoms with Crippen LogP contribution in [0.5, 0.6) is 5.75 Å². The van der Waals surface area contributed by atoms with Gasteiger partial charge in [-0.3, -0.25) is 14.5 Å². The number of carbonyl (C=O) groups excluding carboxylic acids is 2. The Morgan fingerprint density at radius 2 is 1.89 bits per heavy atom. The summed E-state index contributed by atoms with van der Waals surface area (Å²) in [4.78, 5) is 26.0. The number of sulfone groups is 1. The molecule has 0 fully saturated rings. The molecule has 2 aromatic carbocycles. The van der Waals surface area contributed by atoms with E-state index in [9.17, 15) is 18.0 Å². The zero-order valence-corrected chi connectivity index (χ0v) is 16.6. The molecule has 2 aromatic rings. The highest BCUT2D eigenvalue weighted by molar-refractivity contribution is 7.91. The van der Waals surface area contributed by atoms with Gasteiger partial charge < -0.3 is 10.1 Å². The van der Waals surface area contributed by atoms with Crippen LogP contribution in [0, 0.1) is 6.92 Å². The van der Waals surface area contributed by atoms with Gasteiger partial charge in [-0.1, -0.05) is 36.8 Å². The van der Waals surface area contributed by atoms with E-state index in [1.165, 1.54) is 23.1 Å². The number of nitrogens with one attached hydrogen (secondary N) is 1. The van der Waals surface area contributed by atoms with Gasteiger partial charge in [-0.2, -0.15) is 0 Å². The topological polar surface area (TPSA) is 92.8 Å². The number of hydrogen-bond donors (Lipinski definition) is 1. The summed E-state index contributed by atoms with van der Waals surface area (Å²) in [6.45, 7) is 3.47. The van der Waals surface area contributed by atoms with Crippen molar-refractivity contribution in [1.82, 2.24) is 5.32 Å². The predicted octanol–water partition coefficient (Wildman–Crippen LogP) is 1.83. The summed E-state index contributed by atoms with van der Waals surface area (Å²) in [6, 6.07) is 12.1. The van der Waals surface area contributed by atoms with Crippen LogP contribution in [-0.4, -0.2) is 39.1 Å². The lowest BCUT2D eigenvalue weighted by Gasteiger charge is -2.29. The first-order valence-corrected chi connectivity index (χ1v) is 10.6. The van der Waals surface area contributed by atoms with E-state index in [4.69, 9.17) is 4.74 Å². The second-order valence-electron chi connectivity index (χ2n) is 6.56. The SMILES string of the molecule is CCS(=O)(=O)c1ccc2c(c1)N(CC(=O)NCc1ccc(C)cc1)C(=O)CO2. The largest absolute Gasteiger partial charge is 0.482 e. The second kappa shape index (κ2) is 8.02. The molecule has 0 saturated carbocycles. The molecule has 148 valence electrons. The minimum atomic E-state index is -3.44. The standard InChI is InChI=1S/C20H22N2O5S/c1-3-28(25,26)16-8-9-18-17(10-16)22(20(24)13-27-18)12-19(23)21-11-15-6-4-14(2)5-7-15/h4-10H,3,11-13H2,1-2H3,(H,21,23). The van der Waals surface area contributed by atoms with Crippen molar-refractivity contribution in [2.75, 3.05) is 23.8 Å². The molecule has 8 heteroatoms. The monoisotopic (exact) mass is 402 g/mol. The third kappa shape index (κ3) is 4.33. The predicted molar refractivity (Wildman–Crippen MR) is 105 cm³/mol. The molecule has 28 heavy (non-hydrogen) atoms. The first-order valence-electron chi connectivity index (χ1n) is 8.92. The van der Waals surface area contributed by atoms with Crippen molar-refractivity contribution in [2.45, 2.75) is 25.3 Å². The van der Waals surface area contributed by atoms with Crippen molar-refractivity contribution in [3.05, 3.63) is 53.6 Å². The van der Waals surface area contributed by atoms with Gasteiger partial charge in [0.2, 0.25) is 5.91 Å². The first-order chi connectivity index (χ1) is 13.3. The van der Waals surface area contributed by atoms with Crippen molar-refractivity contribution >= 4 is 27.3 Å². The van der Waals surface area contributed by atoms with Crippen LogP contribution in [0.4, 0.5) is 5.69 Å². The van der Waals surface area contributed by atoms with Crippen molar-refractivity contribution in [3.63, 3.8) is 0 Å². The van der Waals surface area contributed by atoms with Gasteiger partial charge in [0.05, 0.1) is 16.3 Å². The van der Waals surface area contributed by atoms with Gasteiger partial charge in [-0.25, -0.2) is 8.42 Å². The maximum Gasteiger partial charge on any atom is 0.265 e. The molecule has 0 radical (unpaired) electrons. The van der Waals surface area contributed by atoms with Gasteiger partial charge >= 0.3 is 0 Å². The van der Waals surface area contributed by atoms with Crippen molar-refractivity contribution in [3.8, 4) is 5.75 Å². The number of benzene rings is 2. The Hall–Kier alpha value is -2.87. The molecule has 0 bridgehead atoms. The number of aryl methyl sites for hydroxylation is 1. The first kappa shape index (κ1) is 19.9. The Morgan fingerprint density at radius 3 is 2.57 bits per heavy atom. The van der Waals surface area contributed by atoms with Gasteiger partial charge in [-0.15, -0.1) is 0 Å². The fourth-order valence-electron chi connectivity index (χ4n) is 2.82. The van der Waals surface area contributed by atoms with Gasteiger partial charge in [0.25, 0.3) is 5.91 Å². The van der Waals surface area contributed by atoms with Crippen LogP contribution in [-0.2, 0) is 26.0 Å². The van der Waals surface area contributed by atoms with Crippen LogP contribution in [0.15, 0.2) is 47.4 Å². The van der Waals surface area contributed by atoms with E-state index < -0.39 is 15.7 Å². The molecule has 1 heterocycles. The average molecular weight is 402 g/mol. The third-order valence-corrected chi connectivity index (χ3v) is 6.26. The molecule has 3 rings (SSSR count). The lowest BCUT2D eigenvalue weighted by molar-refractivity contribution is -0.125. The molecule has 0 atom stereocenters. The van der Waals surface area contributed by atoms with Crippen molar-refractivity contribution in [2.24, 2.45) is 0 Å². The zero-order chi connectivity index (χ0) is 20.3. The molecular formula is C20H22N2O5S. The summed E-state index contributed by atoms with van der Waals surface area (Å²) in [5, 5.41) is 2.78. The van der Waals surface area contributed by atoms with E-state index in [-0.39, 0.29) is 35.4 Å². The molecule has 0 aromatic heterocycles. The van der Waals surface area contributed by atoms with E-state index in [1.54, 1.807) is 6.92 Å².